The number of aromatic nitrogens is 1. The van der Waals surface area contributed by atoms with Crippen LogP contribution in [0.25, 0.3) is 0 Å². The molecular weight excluding hydrogens is 386 g/mol. The van der Waals surface area contributed by atoms with Crippen LogP contribution in [0.1, 0.15) is 51.5 Å². The number of amides is 1. The molecule has 0 unspecified atom stereocenters. The number of aromatic amines is 1. The molecule has 0 saturated carbocycles. The summed E-state index contributed by atoms with van der Waals surface area (Å²) in [5.74, 6) is -1.24. The fourth-order valence-electron chi connectivity index (χ4n) is 3.07. The Morgan fingerprint density at radius 2 is 1.60 bits per heavy atom. The lowest BCUT2D eigenvalue weighted by Crippen LogP contribution is -2.30. The van der Waals surface area contributed by atoms with Gasteiger partial charge in [-0.3, -0.25) is 9.69 Å². The van der Waals surface area contributed by atoms with Crippen molar-refractivity contribution < 1.29 is 23.9 Å². The van der Waals surface area contributed by atoms with Crippen molar-refractivity contribution in [3.8, 4) is 0 Å². The van der Waals surface area contributed by atoms with E-state index in [0.29, 0.717) is 22.5 Å². The highest BCUT2D eigenvalue weighted by atomic mass is 16.5. The monoisotopic (exact) mass is 415 g/mol. The zero-order valence-electron chi connectivity index (χ0n) is 18.1. The molecule has 8 nitrogen and oxygen atoms in total. The number of nitrogens with zero attached hydrogens (tertiary/aromatic N) is 1. The lowest BCUT2D eigenvalue weighted by Gasteiger charge is -2.16. The predicted molar refractivity (Wildman–Crippen MR) is 114 cm³/mol. The van der Waals surface area contributed by atoms with Crippen molar-refractivity contribution in [3.05, 3.63) is 52.3 Å². The number of rotatable bonds is 9. The second kappa shape index (κ2) is 10.6. The average Bonchev–Trinajstić information content (AvgIpc) is 2.99. The lowest BCUT2D eigenvalue weighted by molar-refractivity contribution is -0.117. The van der Waals surface area contributed by atoms with Crippen molar-refractivity contribution in [2.45, 2.75) is 34.2 Å². The molecule has 30 heavy (non-hydrogen) atoms. The fourth-order valence-corrected chi connectivity index (χ4v) is 3.07. The van der Waals surface area contributed by atoms with Crippen LogP contribution >= 0.6 is 0 Å². The summed E-state index contributed by atoms with van der Waals surface area (Å²) >= 11 is 0. The molecule has 0 aliphatic rings. The number of nitrogens with one attached hydrogen (secondary N) is 2. The van der Waals surface area contributed by atoms with E-state index >= 15 is 0 Å². The van der Waals surface area contributed by atoms with E-state index < -0.39 is 11.9 Å². The highest BCUT2D eigenvalue weighted by Crippen LogP contribution is 2.22. The van der Waals surface area contributed by atoms with Crippen molar-refractivity contribution in [2.75, 3.05) is 32.1 Å². The van der Waals surface area contributed by atoms with Gasteiger partial charge in [-0.15, -0.1) is 0 Å². The van der Waals surface area contributed by atoms with Crippen LogP contribution in [0.4, 0.5) is 5.69 Å². The van der Waals surface area contributed by atoms with Gasteiger partial charge >= 0.3 is 11.9 Å². The maximum atomic E-state index is 12.5. The van der Waals surface area contributed by atoms with Crippen LogP contribution in [0.3, 0.4) is 0 Å². The maximum absolute atomic E-state index is 12.5. The van der Waals surface area contributed by atoms with Crippen LogP contribution in [-0.4, -0.2) is 54.5 Å². The molecule has 8 heteroatoms. The van der Waals surface area contributed by atoms with Gasteiger partial charge in [0.05, 0.1) is 25.3 Å². The van der Waals surface area contributed by atoms with Gasteiger partial charge in [-0.1, -0.05) is 17.7 Å². The second-order valence-corrected chi connectivity index (χ2v) is 7.01. The summed E-state index contributed by atoms with van der Waals surface area (Å²) in [6.07, 6.45) is 0. The highest BCUT2D eigenvalue weighted by molar-refractivity contribution is 5.98. The molecule has 0 bridgehead atoms. The molecule has 2 aromatic rings. The Hall–Kier alpha value is -3.13. The Labute approximate surface area is 176 Å². The van der Waals surface area contributed by atoms with Crippen LogP contribution in [0.5, 0.6) is 0 Å². The minimum Gasteiger partial charge on any atom is -0.462 e. The van der Waals surface area contributed by atoms with E-state index in [1.54, 1.807) is 32.7 Å². The first-order valence-electron chi connectivity index (χ1n) is 9.87. The normalized spacial score (nSPS) is 10.7. The minimum absolute atomic E-state index is 0.100. The van der Waals surface area contributed by atoms with E-state index in [0.717, 1.165) is 5.56 Å². The average molecular weight is 415 g/mol. The fraction of sp³-hybridized carbons (Fsp3) is 0.409. The van der Waals surface area contributed by atoms with Crippen molar-refractivity contribution in [2.24, 2.45) is 0 Å². The van der Waals surface area contributed by atoms with Gasteiger partial charge in [0.1, 0.15) is 5.69 Å². The first kappa shape index (κ1) is 23.2. The van der Waals surface area contributed by atoms with E-state index in [-0.39, 0.29) is 37.9 Å². The van der Waals surface area contributed by atoms with E-state index in [4.69, 9.17) is 9.47 Å². The molecule has 2 N–H and O–H groups in total. The van der Waals surface area contributed by atoms with Gasteiger partial charge in [-0.2, -0.15) is 0 Å². The van der Waals surface area contributed by atoms with E-state index in [1.807, 2.05) is 31.2 Å². The molecule has 2 rings (SSSR count). The van der Waals surface area contributed by atoms with Crippen molar-refractivity contribution in [1.29, 1.82) is 0 Å². The highest BCUT2D eigenvalue weighted by Gasteiger charge is 2.26. The number of ether oxygens (including phenoxy) is 2. The molecule has 0 atom stereocenters. The molecule has 0 aliphatic carbocycles. The summed E-state index contributed by atoms with van der Waals surface area (Å²) in [5, 5.41) is 2.84. The van der Waals surface area contributed by atoms with Gasteiger partial charge in [0.15, 0.2) is 0 Å². The van der Waals surface area contributed by atoms with E-state index in [9.17, 15) is 14.4 Å². The first-order valence-corrected chi connectivity index (χ1v) is 9.87. The zero-order valence-corrected chi connectivity index (χ0v) is 18.1. The lowest BCUT2D eigenvalue weighted by atomic mass is 10.1. The Kier molecular flexibility index (Phi) is 8.17. The van der Waals surface area contributed by atoms with Crippen LogP contribution in [0.15, 0.2) is 24.3 Å². The topological polar surface area (TPSA) is 101 Å². The Morgan fingerprint density at radius 3 is 2.20 bits per heavy atom. The molecule has 0 aliphatic heterocycles. The standard InChI is InChI=1S/C22H29N3O5/c1-6-29-21(27)19-15(4)20(22(28)30-7-2)24-17(19)12-25(5)13-18(26)23-16-10-8-14(3)9-11-16/h8-11,24H,6-7,12-13H2,1-5H3,(H,23,26). The SMILES string of the molecule is CCOC(=O)c1[nH]c(CN(C)CC(=O)Nc2ccc(C)cc2)c(C(=O)OCC)c1C. The molecule has 0 radical (unpaired) electrons. The second-order valence-electron chi connectivity index (χ2n) is 7.01. The summed E-state index contributed by atoms with van der Waals surface area (Å²) < 4.78 is 10.2. The maximum Gasteiger partial charge on any atom is 0.355 e. The summed E-state index contributed by atoms with van der Waals surface area (Å²) in [6, 6.07) is 7.52. The summed E-state index contributed by atoms with van der Waals surface area (Å²) in [5.41, 5.74) is 3.31. The van der Waals surface area contributed by atoms with Crippen LogP contribution in [-0.2, 0) is 20.8 Å². The van der Waals surface area contributed by atoms with Gasteiger partial charge in [-0.25, -0.2) is 9.59 Å². The zero-order chi connectivity index (χ0) is 22.3. The molecule has 0 saturated heterocycles. The summed E-state index contributed by atoms with van der Waals surface area (Å²) in [7, 11) is 1.75. The Balaban J connectivity index is 2.15. The summed E-state index contributed by atoms with van der Waals surface area (Å²) in [6.45, 7) is 7.86. The molecule has 1 aromatic heterocycles. The number of hydrogen-bond donors (Lipinski definition) is 2. The molecule has 1 heterocycles. The van der Waals surface area contributed by atoms with Crippen LogP contribution in [0.2, 0.25) is 0 Å². The number of H-pyrrole nitrogens is 1. The van der Waals surface area contributed by atoms with Crippen molar-refractivity contribution in [3.63, 3.8) is 0 Å². The van der Waals surface area contributed by atoms with Gasteiger partial charge < -0.3 is 19.8 Å². The number of likely N-dealkylation sites (N-methyl/N-ethyl adjacent to an activating group) is 1. The quantitative estimate of drug-likeness (QED) is 0.611. The van der Waals surface area contributed by atoms with Gasteiger partial charge in [0, 0.05) is 17.9 Å². The van der Waals surface area contributed by atoms with E-state index in [2.05, 4.69) is 10.3 Å². The van der Waals surface area contributed by atoms with Crippen molar-refractivity contribution >= 4 is 23.5 Å². The van der Waals surface area contributed by atoms with Crippen molar-refractivity contribution in [1.82, 2.24) is 9.88 Å². The first-order chi connectivity index (χ1) is 14.3. The van der Waals surface area contributed by atoms with Gasteiger partial charge in [-0.05, 0) is 52.4 Å². The number of hydrogen-bond acceptors (Lipinski definition) is 6. The third kappa shape index (κ3) is 5.93. The van der Waals surface area contributed by atoms with E-state index in [1.165, 1.54) is 0 Å². The number of anilines is 1. The minimum atomic E-state index is -0.536. The largest absolute Gasteiger partial charge is 0.462 e. The third-order valence-electron chi connectivity index (χ3n) is 4.46. The molecule has 1 amide bonds. The summed E-state index contributed by atoms with van der Waals surface area (Å²) in [4.78, 5) is 41.8. The smallest absolute Gasteiger partial charge is 0.355 e. The van der Waals surface area contributed by atoms with Crippen LogP contribution in [0, 0.1) is 13.8 Å². The third-order valence-corrected chi connectivity index (χ3v) is 4.46. The number of benzene rings is 1. The number of carbonyl (C=O) groups excluding carboxylic acids is 3. The van der Waals surface area contributed by atoms with Gasteiger partial charge in [0.25, 0.3) is 0 Å². The predicted octanol–water partition coefficient (Wildman–Crippen LogP) is 3.06. The molecule has 1 aromatic carbocycles. The molecular formula is C22H29N3O5. The number of carbonyl (C=O) groups is 3. The molecule has 162 valence electrons. The molecule has 0 fully saturated rings. The Morgan fingerprint density at radius 1 is 1.00 bits per heavy atom. The number of aryl methyl sites for hydroxylation is 1. The molecule has 0 spiro atoms. The number of esters is 2. The van der Waals surface area contributed by atoms with Crippen LogP contribution < -0.4 is 5.32 Å². The van der Waals surface area contributed by atoms with Gasteiger partial charge in [0.2, 0.25) is 5.91 Å². The Bertz CT molecular complexity index is 902.